The van der Waals surface area contributed by atoms with Gasteiger partial charge in [0.1, 0.15) is 0 Å². The average Bonchev–Trinajstić information content (AvgIpc) is 2.79. The summed E-state index contributed by atoms with van der Waals surface area (Å²) >= 11 is 0. The number of methoxy groups -OCH3 is 1. The highest BCUT2D eigenvalue weighted by molar-refractivity contribution is 5.92. The summed E-state index contributed by atoms with van der Waals surface area (Å²) in [5.74, 6) is 0.281. The molecule has 2 aromatic carbocycles. The summed E-state index contributed by atoms with van der Waals surface area (Å²) in [7, 11) is 1.50. The van der Waals surface area contributed by atoms with Crippen molar-refractivity contribution in [1.29, 1.82) is 0 Å². The van der Waals surface area contributed by atoms with Crippen LogP contribution in [-0.4, -0.2) is 29.4 Å². The first-order valence-electron chi connectivity index (χ1n) is 10.4. The Morgan fingerprint density at radius 3 is 2.53 bits per heavy atom. The number of nitrogens with one attached hydrogen (secondary N) is 1. The van der Waals surface area contributed by atoms with Crippen molar-refractivity contribution >= 4 is 5.91 Å². The van der Waals surface area contributed by atoms with Gasteiger partial charge in [-0.25, -0.2) is 4.68 Å². The highest BCUT2D eigenvalue weighted by Crippen LogP contribution is 2.31. The number of nitrogens with zero attached hydrogens (tertiary/aromatic N) is 2. The van der Waals surface area contributed by atoms with Crippen LogP contribution in [0.25, 0.3) is 5.69 Å². The number of halogens is 3. The fourth-order valence-electron chi connectivity index (χ4n) is 3.36. The predicted octanol–water partition coefficient (Wildman–Crippen LogP) is 4.46. The second kappa shape index (κ2) is 9.98. The Morgan fingerprint density at radius 2 is 1.88 bits per heavy atom. The van der Waals surface area contributed by atoms with Gasteiger partial charge in [-0.3, -0.25) is 9.59 Å². The summed E-state index contributed by atoms with van der Waals surface area (Å²) in [6, 6.07) is 10.3. The molecule has 10 heteroatoms. The van der Waals surface area contributed by atoms with Crippen LogP contribution in [0.5, 0.6) is 11.5 Å². The third kappa shape index (κ3) is 5.38. The molecular formula is C24H24F3N3O4. The lowest BCUT2D eigenvalue weighted by Crippen LogP contribution is -2.33. The molecule has 34 heavy (non-hydrogen) atoms. The third-order valence-electron chi connectivity index (χ3n) is 5.08. The van der Waals surface area contributed by atoms with Gasteiger partial charge in [-0.1, -0.05) is 12.1 Å². The molecule has 3 aromatic rings. The van der Waals surface area contributed by atoms with Crippen LogP contribution in [-0.2, 0) is 6.18 Å². The molecule has 0 aliphatic heterocycles. The zero-order valence-corrected chi connectivity index (χ0v) is 19.1. The minimum Gasteiger partial charge on any atom is -0.493 e. The van der Waals surface area contributed by atoms with Crippen molar-refractivity contribution in [2.24, 2.45) is 0 Å². The number of hydrogen-bond acceptors (Lipinski definition) is 5. The van der Waals surface area contributed by atoms with Crippen LogP contribution in [0.1, 0.15) is 47.2 Å². The minimum atomic E-state index is -4.54. The molecule has 1 atom stereocenters. The fraction of sp³-hybridized carbons (Fsp3) is 0.292. The molecule has 1 unspecified atom stereocenters. The summed E-state index contributed by atoms with van der Waals surface area (Å²) in [5, 5.41) is 6.76. The minimum absolute atomic E-state index is 0.0747. The molecule has 0 spiro atoms. The Bertz CT molecular complexity index is 1250. The van der Waals surface area contributed by atoms with Crippen molar-refractivity contribution < 1.29 is 27.4 Å². The van der Waals surface area contributed by atoms with Crippen LogP contribution in [0.4, 0.5) is 13.2 Å². The van der Waals surface area contributed by atoms with Crippen LogP contribution < -0.4 is 20.2 Å². The maximum absolute atomic E-state index is 13.1. The van der Waals surface area contributed by atoms with E-state index in [9.17, 15) is 22.8 Å². The lowest BCUT2D eigenvalue weighted by molar-refractivity contribution is -0.137. The highest BCUT2D eigenvalue weighted by atomic mass is 19.4. The quantitative estimate of drug-likeness (QED) is 0.546. The molecular weight excluding hydrogens is 451 g/mol. The monoisotopic (exact) mass is 475 g/mol. The third-order valence-corrected chi connectivity index (χ3v) is 5.08. The standard InChI is InChI=1S/C24H24F3N3O4/c1-5-34-20-10-9-16(12-21(20)33-4)15(3)28-23(32)22-19(31)11-14(2)30(29-22)18-8-6-7-17(13-18)24(25,26)27/h6-13,15H,5H2,1-4H3,(H,28,32). The fourth-order valence-corrected chi connectivity index (χ4v) is 3.36. The van der Waals surface area contributed by atoms with Gasteiger partial charge in [-0.05, 0) is 56.7 Å². The average molecular weight is 475 g/mol. The number of alkyl halides is 3. The number of aryl methyl sites for hydroxylation is 1. The van der Waals surface area contributed by atoms with E-state index in [0.717, 1.165) is 22.9 Å². The number of aromatic nitrogens is 2. The number of carbonyl (C=O) groups is 1. The lowest BCUT2D eigenvalue weighted by atomic mass is 10.1. The molecule has 180 valence electrons. The summed E-state index contributed by atoms with van der Waals surface area (Å²) in [5.41, 5.74) is -0.897. The second-order valence-electron chi connectivity index (χ2n) is 7.50. The summed E-state index contributed by atoms with van der Waals surface area (Å²) in [4.78, 5) is 25.3. The van der Waals surface area contributed by atoms with E-state index in [1.807, 2.05) is 6.92 Å². The molecule has 0 saturated heterocycles. The maximum Gasteiger partial charge on any atom is 0.416 e. The van der Waals surface area contributed by atoms with Crippen molar-refractivity contribution in [3.63, 3.8) is 0 Å². The van der Waals surface area contributed by atoms with E-state index in [4.69, 9.17) is 9.47 Å². The maximum atomic E-state index is 13.1. The van der Waals surface area contributed by atoms with Crippen molar-refractivity contribution in [3.8, 4) is 17.2 Å². The molecule has 1 amide bonds. The van der Waals surface area contributed by atoms with Gasteiger partial charge in [0.2, 0.25) is 5.43 Å². The number of amides is 1. The van der Waals surface area contributed by atoms with Crippen molar-refractivity contribution in [2.45, 2.75) is 33.0 Å². The van der Waals surface area contributed by atoms with Gasteiger partial charge in [-0.15, -0.1) is 0 Å². The first-order valence-corrected chi connectivity index (χ1v) is 10.4. The van der Waals surface area contributed by atoms with Gasteiger partial charge in [0.15, 0.2) is 17.2 Å². The van der Waals surface area contributed by atoms with Gasteiger partial charge in [0.25, 0.3) is 5.91 Å². The van der Waals surface area contributed by atoms with Gasteiger partial charge in [0, 0.05) is 11.8 Å². The molecule has 7 nitrogen and oxygen atoms in total. The van der Waals surface area contributed by atoms with Gasteiger partial charge in [0.05, 0.1) is 31.0 Å². The molecule has 0 fully saturated rings. The van der Waals surface area contributed by atoms with Crippen LogP contribution >= 0.6 is 0 Å². The Balaban J connectivity index is 1.91. The molecule has 1 heterocycles. The molecule has 0 saturated carbocycles. The van der Waals surface area contributed by atoms with E-state index in [1.165, 1.54) is 26.2 Å². The summed E-state index contributed by atoms with van der Waals surface area (Å²) in [6.45, 7) is 5.54. The second-order valence-corrected chi connectivity index (χ2v) is 7.50. The Labute approximate surface area is 194 Å². The zero-order chi connectivity index (χ0) is 25.0. The van der Waals surface area contributed by atoms with Crippen molar-refractivity contribution in [1.82, 2.24) is 15.1 Å². The van der Waals surface area contributed by atoms with E-state index in [1.54, 1.807) is 25.1 Å². The summed E-state index contributed by atoms with van der Waals surface area (Å²) in [6.07, 6.45) is -4.54. The van der Waals surface area contributed by atoms with E-state index >= 15 is 0 Å². The van der Waals surface area contributed by atoms with Crippen LogP contribution in [0.3, 0.4) is 0 Å². The van der Waals surface area contributed by atoms with E-state index < -0.39 is 34.8 Å². The van der Waals surface area contributed by atoms with Gasteiger partial charge >= 0.3 is 6.18 Å². The van der Waals surface area contributed by atoms with Crippen molar-refractivity contribution in [3.05, 3.63) is 81.3 Å². The van der Waals surface area contributed by atoms with Crippen LogP contribution in [0.15, 0.2) is 53.3 Å². The van der Waals surface area contributed by atoms with Crippen LogP contribution in [0, 0.1) is 6.92 Å². The number of ether oxygens (including phenoxy) is 2. The molecule has 3 rings (SSSR count). The molecule has 1 N–H and O–H groups in total. The van der Waals surface area contributed by atoms with E-state index in [-0.39, 0.29) is 11.4 Å². The van der Waals surface area contributed by atoms with Crippen LogP contribution in [0.2, 0.25) is 0 Å². The number of rotatable bonds is 7. The first kappa shape index (κ1) is 24.8. The van der Waals surface area contributed by atoms with Gasteiger partial charge < -0.3 is 14.8 Å². The topological polar surface area (TPSA) is 82.5 Å². The molecule has 0 bridgehead atoms. The SMILES string of the molecule is CCOc1ccc(C(C)NC(=O)c2nn(-c3cccc(C(F)(F)F)c3)c(C)cc2=O)cc1OC. The lowest BCUT2D eigenvalue weighted by Gasteiger charge is -2.17. The Hall–Kier alpha value is -3.82. The normalized spacial score (nSPS) is 12.2. The van der Waals surface area contributed by atoms with E-state index in [0.29, 0.717) is 23.7 Å². The summed E-state index contributed by atoms with van der Waals surface area (Å²) < 4.78 is 51.3. The Kier molecular flexibility index (Phi) is 7.29. The highest BCUT2D eigenvalue weighted by Gasteiger charge is 2.30. The number of benzene rings is 2. The molecule has 0 radical (unpaired) electrons. The number of hydrogen-bond donors (Lipinski definition) is 1. The number of carbonyl (C=O) groups excluding carboxylic acids is 1. The van der Waals surface area contributed by atoms with E-state index in [2.05, 4.69) is 10.4 Å². The Morgan fingerprint density at radius 1 is 1.15 bits per heavy atom. The molecule has 0 aliphatic carbocycles. The largest absolute Gasteiger partial charge is 0.493 e. The van der Waals surface area contributed by atoms with Crippen molar-refractivity contribution in [2.75, 3.05) is 13.7 Å². The first-order chi connectivity index (χ1) is 16.0. The smallest absolute Gasteiger partial charge is 0.416 e. The van der Waals surface area contributed by atoms with Gasteiger partial charge in [-0.2, -0.15) is 18.3 Å². The molecule has 0 aliphatic rings. The molecule has 1 aromatic heterocycles. The predicted molar refractivity (Wildman–Crippen MR) is 120 cm³/mol. The zero-order valence-electron chi connectivity index (χ0n) is 19.1.